The van der Waals surface area contributed by atoms with Crippen molar-refractivity contribution in [2.45, 2.75) is 13.0 Å². The monoisotopic (exact) mass is 348 g/mol. The Kier molecular flexibility index (Phi) is 6.03. The zero-order valence-corrected chi connectivity index (χ0v) is 13.9. The van der Waals surface area contributed by atoms with Crippen LogP contribution in [0.3, 0.4) is 0 Å². The molecule has 2 N–H and O–H groups in total. The molecular formula is C17H17ClN2O4. The van der Waals surface area contributed by atoms with Crippen molar-refractivity contribution in [1.29, 1.82) is 0 Å². The summed E-state index contributed by atoms with van der Waals surface area (Å²) in [5, 5.41) is 14.3. The van der Waals surface area contributed by atoms with Crippen LogP contribution in [0.15, 0.2) is 47.6 Å². The number of benzene rings is 2. The van der Waals surface area contributed by atoms with E-state index in [1.807, 2.05) is 0 Å². The van der Waals surface area contributed by atoms with Crippen LogP contribution < -0.4 is 14.9 Å². The summed E-state index contributed by atoms with van der Waals surface area (Å²) in [6.07, 6.45) is 0.576. The van der Waals surface area contributed by atoms with Crippen molar-refractivity contribution < 1.29 is 19.4 Å². The van der Waals surface area contributed by atoms with Crippen LogP contribution in [0.25, 0.3) is 0 Å². The molecule has 0 bridgehead atoms. The summed E-state index contributed by atoms with van der Waals surface area (Å²) in [6.45, 7) is 1.60. The molecule has 6 nitrogen and oxygen atoms in total. The van der Waals surface area contributed by atoms with Gasteiger partial charge >= 0.3 is 0 Å². The molecule has 2 aromatic rings. The smallest absolute Gasteiger partial charge is 0.280 e. The van der Waals surface area contributed by atoms with E-state index < -0.39 is 12.0 Å². The van der Waals surface area contributed by atoms with E-state index in [0.717, 1.165) is 0 Å². The van der Waals surface area contributed by atoms with Gasteiger partial charge in [-0.3, -0.25) is 4.79 Å². The van der Waals surface area contributed by atoms with Crippen LogP contribution in [0, 0.1) is 0 Å². The number of phenolic OH excluding ortho intramolecular Hbond substituents is 1. The van der Waals surface area contributed by atoms with E-state index in [2.05, 4.69) is 10.5 Å². The molecular weight excluding hydrogens is 332 g/mol. The minimum atomic E-state index is -0.748. The number of ether oxygens (including phenoxy) is 2. The number of hydrogen-bond acceptors (Lipinski definition) is 5. The molecule has 0 saturated heterocycles. The highest BCUT2D eigenvalue weighted by Crippen LogP contribution is 2.27. The van der Waals surface area contributed by atoms with E-state index in [4.69, 9.17) is 21.1 Å². The second kappa shape index (κ2) is 8.21. The molecule has 0 aliphatic carbocycles. The minimum absolute atomic E-state index is 0.0524. The van der Waals surface area contributed by atoms with Crippen molar-refractivity contribution in [1.82, 2.24) is 5.43 Å². The van der Waals surface area contributed by atoms with Gasteiger partial charge in [0, 0.05) is 10.6 Å². The van der Waals surface area contributed by atoms with Crippen molar-refractivity contribution in [3.63, 3.8) is 0 Å². The van der Waals surface area contributed by atoms with Crippen molar-refractivity contribution in [3.05, 3.63) is 53.1 Å². The normalized spacial score (nSPS) is 12.0. The van der Waals surface area contributed by atoms with Gasteiger partial charge in [-0.15, -0.1) is 0 Å². The maximum absolute atomic E-state index is 11.9. The maximum Gasteiger partial charge on any atom is 0.280 e. The van der Waals surface area contributed by atoms with E-state index in [1.165, 1.54) is 13.3 Å². The summed E-state index contributed by atoms with van der Waals surface area (Å²) < 4.78 is 10.5. The molecule has 7 heteroatoms. The Morgan fingerprint density at radius 2 is 2.00 bits per heavy atom. The second-order valence-electron chi connectivity index (χ2n) is 4.85. The summed E-state index contributed by atoms with van der Waals surface area (Å²) in [6, 6.07) is 11.6. The topological polar surface area (TPSA) is 80.2 Å². The zero-order chi connectivity index (χ0) is 17.5. The van der Waals surface area contributed by atoms with Crippen LogP contribution >= 0.6 is 11.6 Å². The summed E-state index contributed by atoms with van der Waals surface area (Å²) >= 11 is 5.79. The third-order valence-electron chi connectivity index (χ3n) is 3.12. The van der Waals surface area contributed by atoms with Crippen LogP contribution in [0.4, 0.5) is 0 Å². The van der Waals surface area contributed by atoms with Crippen molar-refractivity contribution in [3.8, 4) is 17.2 Å². The fourth-order valence-corrected chi connectivity index (χ4v) is 1.96. The SMILES string of the molecule is COc1cccc(/C=N/NC(=O)C(C)Oc2ccc(Cl)cc2)c1O. The molecule has 2 aromatic carbocycles. The predicted molar refractivity (Wildman–Crippen MR) is 91.9 cm³/mol. The van der Waals surface area contributed by atoms with Gasteiger partial charge in [0.15, 0.2) is 17.6 Å². The first kappa shape index (κ1) is 17.6. The van der Waals surface area contributed by atoms with Crippen LogP contribution in [0.1, 0.15) is 12.5 Å². The third-order valence-corrected chi connectivity index (χ3v) is 3.38. The first-order valence-electron chi connectivity index (χ1n) is 7.12. The predicted octanol–water partition coefficient (Wildman–Crippen LogP) is 2.97. The summed E-state index contributed by atoms with van der Waals surface area (Å²) in [7, 11) is 1.45. The van der Waals surface area contributed by atoms with Gasteiger partial charge in [-0.2, -0.15) is 5.10 Å². The number of carbonyl (C=O) groups excluding carboxylic acids is 1. The van der Waals surface area contributed by atoms with E-state index >= 15 is 0 Å². The molecule has 126 valence electrons. The van der Waals surface area contributed by atoms with Gasteiger partial charge in [0.05, 0.1) is 13.3 Å². The first-order valence-corrected chi connectivity index (χ1v) is 7.50. The summed E-state index contributed by atoms with van der Waals surface area (Å²) in [4.78, 5) is 11.9. The molecule has 0 aliphatic rings. The summed E-state index contributed by atoms with van der Waals surface area (Å²) in [5.41, 5.74) is 2.77. The van der Waals surface area contributed by atoms with E-state index in [9.17, 15) is 9.90 Å². The van der Waals surface area contributed by atoms with Gasteiger partial charge < -0.3 is 14.6 Å². The highest BCUT2D eigenvalue weighted by Gasteiger charge is 2.14. The second-order valence-corrected chi connectivity index (χ2v) is 5.28. The Labute approximate surface area is 144 Å². The number of hydrogen-bond donors (Lipinski definition) is 2. The Morgan fingerprint density at radius 3 is 2.67 bits per heavy atom. The fraction of sp³-hybridized carbons (Fsp3) is 0.176. The lowest BCUT2D eigenvalue weighted by molar-refractivity contribution is -0.127. The fourth-order valence-electron chi connectivity index (χ4n) is 1.84. The number of methoxy groups -OCH3 is 1. The van der Waals surface area contributed by atoms with Gasteiger partial charge in [0.2, 0.25) is 0 Å². The molecule has 0 fully saturated rings. The maximum atomic E-state index is 11.9. The molecule has 0 aliphatic heterocycles. The Morgan fingerprint density at radius 1 is 1.29 bits per heavy atom. The average Bonchev–Trinajstić information content (AvgIpc) is 2.58. The lowest BCUT2D eigenvalue weighted by Gasteiger charge is -2.12. The average molecular weight is 349 g/mol. The van der Waals surface area contributed by atoms with Crippen LogP contribution in [0.5, 0.6) is 17.2 Å². The molecule has 24 heavy (non-hydrogen) atoms. The zero-order valence-electron chi connectivity index (χ0n) is 13.2. The summed E-state index contributed by atoms with van der Waals surface area (Å²) in [5.74, 6) is 0.369. The van der Waals surface area contributed by atoms with Gasteiger partial charge in [-0.05, 0) is 43.3 Å². The van der Waals surface area contributed by atoms with Crippen molar-refractivity contribution in [2.75, 3.05) is 7.11 Å². The third kappa shape index (κ3) is 4.63. The highest BCUT2D eigenvalue weighted by molar-refractivity contribution is 6.30. The number of nitrogens with zero attached hydrogens (tertiary/aromatic N) is 1. The number of phenols is 1. The van der Waals surface area contributed by atoms with Crippen molar-refractivity contribution in [2.24, 2.45) is 5.10 Å². The van der Waals surface area contributed by atoms with E-state index in [0.29, 0.717) is 22.1 Å². The first-order chi connectivity index (χ1) is 11.5. The van der Waals surface area contributed by atoms with E-state index in [-0.39, 0.29) is 5.75 Å². The lowest BCUT2D eigenvalue weighted by Crippen LogP contribution is -2.33. The molecule has 0 aromatic heterocycles. The van der Waals surface area contributed by atoms with Crippen LogP contribution in [-0.2, 0) is 4.79 Å². The number of para-hydroxylation sites is 1. The van der Waals surface area contributed by atoms with Crippen LogP contribution in [0.2, 0.25) is 5.02 Å². The molecule has 2 rings (SSSR count). The van der Waals surface area contributed by atoms with Gasteiger partial charge in [0.25, 0.3) is 5.91 Å². The number of amides is 1. The molecule has 1 amide bonds. The number of aromatic hydroxyl groups is 1. The molecule has 0 radical (unpaired) electrons. The molecule has 0 heterocycles. The van der Waals surface area contributed by atoms with E-state index in [1.54, 1.807) is 49.4 Å². The van der Waals surface area contributed by atoms with Crippen molar-refractivity contribution >= 4 is 23.7 Å². The number of halogens is 1. The number of carbonyl (C=O) groups is 1. The number of nitrogens with one attached hydrogen (secondary N) is 1. The number of rotatable bonds is 6. The number of hydrazone groups is 1. The molecule has 1 unspecified atom stereocenters. The van der Waals surface area contributed by atoms with Crippen LogP contribution in [-0.4, -0.2) is 30.4 Å². The van der Waals surface area contributed by atoms with Gasteiger partial charge in [-0.25, -0.2) is 5.43 Å². The Balaban J connectivity index is 1.93. The largest absolute Gasteiger partial charge is 0.504 e. The Hall–Kier alpha value is -2.73. The van der Waals surface area contributed by atoms with Gasteiger partial charge in [-0.1, -0.05) is 17.7 Å². The quantitative estimate of drug-likeness (QED) is 0.621. The minimum Gasteiger partial charge on any atom is -0.504 e. The Bertz CT molecular complexity index is 732. The van der Waals surface area contributed by atoms with Gasteiger partial charge in [0.1, 0.15) is 5.75 Å². The highest BCUT2D eigenvalue weighted by atomic mass is 35.5. The standard InChI is InChI=1S/C17H17ClN2O4/c1-11(24-14-8-6-13(18)7-9-14)17(22)20-19-10-12-4-3-5-15(23-2)16(12)21/h3-11,21H,1-2H3,(H,20,22)/b19-10+. The molecule has 0 saturated carbocycles. The molecule has 1 atom stereocenters. The molecule has 0 spiro atoms. The lowest BCUT2D eigenvalue weighted by atomic mass is 10.2.